The minimum absolute atomic E-state index is 0.0872. The summed E-state index contributed by atoms with van der Waals surface area (Å²) in [6.45, 7) is 5.62. The number of benzene rings is 1. The molecule has 0 radical (unpaired) electrons. The van der Waals surface area contributed by atoms with Gasteiger partial charge in [0.15, 0.2) is 5.78 Å². The summed E-state index contributed by atoms with van der Waals surface area (Å²) in [5.41, 5.74) is 2.61. The average molecular weight is 263 g/mol. The molecule has 94 valence electrons. The van der Waals surface area contributed by atoms with Gasteiger partial charge in [0.2, 0.25) is 0 Å². The molecule has 0 aliphatic carbocycles. The molecule has 3 heteroatoms. The van der Waals surface area contributed by atoms with Crippen molar-refractivity contribution < 1.29 is 9.21 Å². The van der Waals surface area contributed by atoms with Crippen LogP contribution >= 0.6 is 11.6 Å². The van der Waals surface area contributed by atoms with E-state index in [-0.39, 0.29) is 5.78 Å². The Morgan fingerprint density at radius 3 is 2.22 bits per heavy atom. The Kier molecular flexibility index (Phi) is 3.58. The monoisotopic (exact) mass is 262 g/mol. The standard InChI is InChI=1S/C15H15ClO2/c1-9-10(2)18-11(3)15(9)14(17)8-12-4-6-13(16)7-5-12/h4-7H,8H2,1-3H3. The van der Waals surface area contributed by atoms with Crippen LogP contribution in [0.4, 0.5) is 0 Å². The quantitative estimate of drug-likeness (QED) is 0.773. The van der Waals surface area contributed by atoms with E-state index in [0.717, 1.165) is 16.9 Å². The topological polar surface area (TPSA) is 30.2 Å². The number of ketones is 1. The van der Waals surface area contributed by atoms with E-state index in [4.69, 9.17) is 16.0 Å². The van der Waals surface area contributed by atoms with E-state index in [1.807, 2.05) is 32.9 Å². The van der Waals surface area contributed by atoms with Crippen LogP contribution in [0.25, 0.3) is 0 Å². The van der Waals surface area contributed by atoms with Gasteiger partial charge in [-0.2, -0.15) is 0 Å². The number of carbonyl (C=O) groups excluding carboxylic acids is 1. The average Bonchev–Trinajstić information content (AvgIpc) is 2.56. The van der Waals surface area contributed by atoms with Crippen molar-refractivity contribution in [2.24, 2.45) is 0 Å². The highest BCUT2D eigenvalue weighted by Crippen LogP contribution is 2.22. The van der Waals surface area contributed by atoms with Crippen LogP contribution in [0.2, 0.25) is 5.02 Å². The van der Waals surface area contributed by atoms with Gasteiger partial charge in [0, 0.05) is 17.0 Å². The van der Waals surface area contributed by atoms with Crippen LogP contribution in [0, 0.1) is 20.8 Å². The van der Waals surface area contributed by atoms with Crippen LogP contribution in [0.3, 0.4) is 0 Å². The van der Waals surface area contributed by atoms with Gasteiger partial charge >= 0.3 is 0 Å². The van der Waals surface area contributed by atoms with Crippen LogP contribution in [-0.2, 0) is 6.42 Å². The molecule has 18 heavy (non-hydrogen) atoms. The molecule has 0 amide bonds. The van der Waals surface area contributed by atoms with Crippen LogP contribution in [0.15, 0.2) is 28.7 Å². The van der Waals surface area contributed by atoms with Crippen molar-refractivity contribution >= 4 is 17.4 Å². The van der Waals surface area contributed by atoms with Crippen molar-refractivity contribution in [2.75, 3.05) is 0 Å². The lowest BCUT2D eigenvalue weighted by molar-refractivity contribution is 0.0991. The first-order valence-corrected chi connectivity index (χ1v) is 6.21. The second-order valence-corrected chi connectivity index (χ2v) is 4.88. The fourth-order valence-corrected chi connectivity index (χ4v) is 2.20. The Morgan fingerprint density at radius 1 is 1.11 bits per heavy atom. The molecule has 0 fully saturated rings. The second kappa shape index (κ2) is 4.99. The maximum absolute atomic E-state index is 12.3. The van der Waals surface area contributed by atoms with Gasteiger partial charge in [0.1, 0.15) is 11.5 Å². The van der Waals surface area contributed by atoms with E-state index in [2.05, 4.69) is 0 Å². The van der Waals surface area contributed by atoms with Gasteiger partial charge in [-0.05, 0) is 38.5 Å². The first-order chi connectivity index (χ1) is 8.49. The summed E-state index contributed by atoms with van der Waals surface area (Å²) in [5, 5.41) is 0.678. The van der Waals surface area contributed by atoms with Gasteiger partial charge in [0.05, 0.1) is 5.56 Å². The zero-order valence-corrected chi connectivity index (χ0v) is 11.5. The molecule has 0 saturated carbocycles. The number of hydrogen-bond acceptors (Lipinski definition) is 2. The highest BCUT2D eigenvalue weighted by atomic mass is 35.5. The zero-order chi connectivity index (χ0) is 13.3. The third kappa shape index (κ3) is 2.49. The fourth-order valence-electron chi connectivity index (χ4n) is 2.08. The highest BCUT2D eigenvalue weighted by molar-refractivity contribution is 6.30. The first-order valence-electron chi connectivity index (χ1n) is 5.83. The van der Waals surface area contributed by atoms with Crippen LogP contribution in [0.1, 0.15) is 33.0 Å². The van der Waals surface area contributed by atoms with Crippen LogP contribution in [0.5, 0.6) is 0 Å². The second-order valence-electron chi connectivity index (χ2n) is 4.44. The maximum atomic E-state index is 12.3. The van der Waals surface area contributed by atoms with E-state index >= 15 is 0 Å². The molecule has 2 aromatic rings. The molecule has 1 heterocycles. The van der Waals surface area contributed by atoms with Crippen molar-refractivity contribution in [2.45, 2.75) is 27.2 Å². The number of Topliss-reactive ketones (excluding diaryl/α,β-unsaturated/α-hetero) is 1. The summed E-state index contributed by atoms with van der Waals surface area (Å²) in [6.07, 6.45) is 0.373. The third-order valence-corrected chi connectivity index (χ3v) is 3.37. The molecule has 2 nitrogen and oxygen atoms in total. The summed E-state index contributed by atoms with van der Waals surface area (Å²) in [7, 11) is 0. The summed E-state index contributed by atoms with van der Waals surface area (Å²) < 4.78 is 5.48. The predicted octanol–water partition coefficient (Wildman–Crippen LogP) is 4.28. The Balaban J connectivity index is 2.24. The zero-order valence-electron chi connectivity index (χ0n) is 10.7. The fraction of sp³-hybridized carbons (Fsp3) is 0.267. The number of aryl methyl sites for hydroxylation is 2. The van der Waals surface area contributed by atoms with E-state index < -0.39 is 0 Å². The molecular formula is C15H15ClO2. The summed E-state index contributed by atoms with van der Waals surface area (Å²) in [6, 6.07) is 7.34. The number of rotatable bonds is 3. The number of halogens is 1. The minimum atomic E-state index is 0.0872. The number of carbonyl (C=O) groups is 1. The molecule has 0 unspecified atom stereocenters. The summed E-state index contributed by atoms with van der Waals surface area (Å²) in [4.78, 5) is 12.3. The van der Waals surface area contributed by atoms with E-state index in [0.29, 0.717) is 22.8 Å². The smallest absolute Gasteiger partial charge is 0.171 e. The van der Waals surface area contributed by atoms with E-state index in [1.165, 1.54) is 0 Å². The van der Waals surface area contributed by atoms with Crippen molar-refractivity contribution in [1.29, 1.82) is 0 Å². The largest absolute Gasteiger partial charge is 0.466 e. The van der Waals surface area contributed by atoms with Gasteiger partial charge in [-0.3, -0.25) is 4.79 Å². The SMILES string of the molecule is Cc1oc(C)c(C(=O)Cc2ccc(Cl)cc2)c1C. The minimum Gasteiger partial charge on any atom is -0.466 e. The van der Waals surface area contributed by atoms with Gasteiger partial charge < -0.3 is 4.42 Å². The van der Waals surface area contributed by atoms with Gasteiger partial charge in [-0.15, -0.1) is 0 Å². The molecule has 0 spiro atoms. The number of furan rings is 1. The van der Waals surface area contributed by atoms with Crippen molar-refractivity contribution in [3.05, 3.63) is 57.5 Å². The van der Waals surface area contributed by atoms with Gasteiger partial charge in [-0.25, -0.2) is 0 Å². The third-order valence-electron chi connectivity index (χ3n) is 3.12. The van der Waals surface area contributed by atoms with Gasteiger partial charge in [-0.1, -0.05) is 23.7 Å². The molecule has 0 atom stereocenters. The lowest BCUT2D eigenvalue weighted by atomic mass is 10.00. The molecule has 0 N–H and O–H groups in total. The molecule has 1 aromatic carbocycles. The molecule has 0 aliphatic heterocycles. The molecule has 0 saturated heterocycles. The summed E-state index contributed by atoms with van der Waals surface area (Å²) in [5.74, 6) is 1.60. The Labute approximate surface area is 112 Å². The van der Waals surface area contributed by atoms with Crippen molar-refractivity contribution in [3.8, 4) is 0 Å². The molecule has 0 aliphatic rings. The first kappa shape index (κ1) is 12.9. The lowest BCUT2D eigenvalue weighted by Crippen LogP contribution is -2.05. The Morgan fingerprint density at radius 2 is 1.72 bits per heavy atom. The lowest BCUT2D eigenvalue weighted by Gasteiger charge is -2.02. The molecule has 0 bridgehead atoms. The van der Waals surface area contributed by atoms with E-state index in [1.54, 1.807) is 12.1 Å². The van der Waals surface area contributed by atoms with Gasteiger partial charge in [0.25, 0.3) is 0 Å². The number of hydrogen-bond donors (Lipinski definition) is 0. The molecular weight excluding hydrogens is 248 g/mol. The van der Waals surface area contributed by atoms with Crippen LogP contribution < -0.4 is 0 Å². The predicted molar refractivity (Wildman–Crippen MR) is 72.4 cm³/mol. The normalized spacial score (nSPS) is 10.7. The van der Waals surface area contributed by atoms with Crippen molar-refractivity contribution in [3.63, 3.8) is 0 Å². The van der Waals surface area contributed by atoms with Crippen LogP contribution in [-0.4, -0.2) is 5.78 Å². The Bertz CT molecular complexity index is 579. The van der Waals surface area contributed by atoms with E-state index in [9.17, 15) is 4.79 Å². The summed E-state index contributed by atoms with van der Waals surface area (Å²) >= 11 is 5.82. The Hall–Kier alpha value is -1.54. The van der Waals surface area contributed by atoms with Crippen molar-refractivity contribution in [1.82, 2.24) is 0 Å². The molecule has 1 aromatic heterocycles. The highest BCUT2D eigenvalue weighted by Gasteiger charge is 2.18. The maximum Gasteiger partial charge on any atom is 0.171 e. The molecule has 2 rings (SSSR count).